The first-order chi connectivity index (χ1) is 13.1. The number of alkyl carbamates (subject to hydrolysis) is 2. The van der Waals surface area contributed by atoms with Gasteiger partial charge in [0.2, 0.25) is 0 Å². The summed E-state index contributed by atoms with van der Waals surface area (Å²) in [7, 11) is 0. The Balaban J connectivity index is 0. The van der Waals surface area contributed by atoms with Gasteiger partial charge in [-0.3, -0.25) is 4.99 Å². The molecule has 0 heterocycles. The first kappa shape index (κ1) is 30.7. The average molecular weight is 543 g/mol. The van der Waals surface area contributed by atoms with Crippen molar-refractivity contribution >= 4 is 42.1 Å². The maximum absolute atomic E-state index is 12.0. The normalized spacial score (nSPS) is 12.4. The second-order valence-corrected chi connectivity index (χ2v) is 9.41. The van der Waals surface area contributed by atoms with E-state index in [4.69, 9.17) is 9.47 Å². The van der Waals surface area contributed by atoms with Gasteiger partial charge in [-0.25, -0.2) is 9.59 Å². The van der Waals surface area contributed by atoms with Crippen LogP contribution in [0, 0.1) is 0 Å². The van der Waals surface area contributed by atoms with Crippen molar-refractivity contribution in [2.45, 2.75) is 85.5 Å². The zero-order chi connectivity index (χ0) is 22.7. The summed E-state index contributed by atoms with van der Waals surface area (Å²) in [5.74, 6) is 0.642. The van der Waals surface area contributed by atoms with Gasteiger partial charge in [0, 0.05) is 19.6 Å². The Morgan fingerprint density at radius 1 is 0.800 bits per heavy atom. The summed E-state index contributed by atoms with van der Waals surface area (Å²) in [6.07, 6.45) is -0.180. The fraction of sp³-hybridized carbons (Fsp3) is 0.850. The van der Waals surface area contributed by atoms with Crippen molar-refractivity contribution in [1.82, 2.24) is 21.3 Å². The molecule has 9 nitrogen and oxygen atoms in total. The fourth-order valence-electron chi connectivity index (χ4n) is 2.04. The predicted molar refractivity (Wildman–Crippen MR) is 132 cm³/mol. The van der Waals surface area contributed by atoms with Gasteiger partial charge in [-0.05, 0) is 68.7 Å². The SMILES string of the molecule is CCNC(=NCC(C)(C)NC(=O)OC(C)(C)C)NCCCNC(=O)OC(C)(C)C.I. The third-order valence-electron chi connectivity index (χ3n) is 3.13. The van der Waals surface area contributed by atoms with Crippen LogP contribution in [-0.4, -0.2) is 61.1 Å². The van der Waals surface area contributed by atoms with E-state index in [0.717, 1.165) is 0 Å². The van der Waals surface area contributed by atoms with Crippen LogP contribution in [-0.2, 0) is 9.47 Å². The van der Waals surface area contributed by atoms with Gasteiger partial charge < -0.3 is 30.7 Å². The number of carbonyl (C=O) groups is 2. The smallest absolute Gasteiger partial charge is 0.408 e. The molecule has 0 radical (unpaired) electrons. The number of guanidine groups is 1. The Morgan fingerprint density at radius 3 is 1.80 bits per heavy atom. The van der Waals surface area contributed by atoms with E-state index in [9.17, 15) is 9.59 Å². The highest BCUT2D eigenvalue weighted by Crippen LogP contribution is 2.10. The molecule has 2 amide bonds. The number of aliphatic imine (C=N–C) groups is 1. The van der Waals surface area contributed by atoms with Crippen LogP contribution in [0.25, 0.3) is 0 Å². The lowest BCUT2D eigenvalue weighted by Gasteiger charge is -2.27. The van der Waals surface area contributed by atoms with Crippen LogP contribution < -0.4 is 21.3 Å². The fourth-order valence-corrected chi connectivity index (χ4v) is 2.04. The minimum atomic E-state index is -0.567. The minimum Gasteiger partial charge on any atom is -0.444 e. The largest absolute Gasteiger partial charge is 0.444 e. The second kappa shape index (κ2) is 13.8. The highest BCUT2D eigenvalue weighted by Gasteiger charge is 2.24. The van der Waals surface area contributed by atoms with E-state index in [1.54, 1.807) is 0 Å². The van der Waals surface area contributed by atoms with E-state index in [0.29, 0.717) is 38.6 Å². The van der Waals surface area contributed by atoms with Crippen LogP contribution in [0.2, 0.25) is 0 Å². The molecule has 0 aliphatic heterocycles. The zero-order valence-electron chi connectivity index (χ0n) is 20.0. The Hall–Kier alpha value is -1.46. The van der Waals surface area contributed by atoms with Crippen LogP contribution in [0.5, 0.6) is 0 Å². The lowest BCUT2D eigenvalue weighted by molar-refractivity contribution is 0.0473. The molecule has 0 saturated carbocycles. The Labute approximate surface area is 198 Å². The van der Waals surface area contributed by atoms with E-state index in [1.165, 1.54) is 0 Å². The topological polar surface area (TPSA) is 113 Å². The summed E-state index contributed by atoms with van der Waals surface area (Å²) in [5, 5.41) is 11.9. The number of hydrogen-bond acceptors (Lipinski definition) is 5. The van der Waals surface area contributed by atoms with E-state index in [2.05, 4.69) is 26.3 Å². The van der Waals surface area contributed by atoms with Crippen LogP contribution in [0.1, 0.15) is 68.7 Å². The lowest BCUT2D eigenvalue weighted by Crippen LogP contribution is -2.49. The summed E-state index contributed by atoms with van der Waals surface area (Å²) >= 11 is 0. The van der Waals surface area contributed by atoms with Gasteiger partial charge in [0.25, 0.3) is 0 Å². The lowest BCUT2D eigenvalue weighted by atomic mass is 10.1. The van der Waals surface area contributed by atoms with Gasteiger partial charge in [-0.15, -0.1) is 24.0 Å². The van der Waals surface area contributed by atoms with Gasteiger partial charge in [0.1, 0.15) is 11.2 Å². The summed E-state index contributed by atoms with van der Waals surface area (Å²) in [6.45, 7) is 18.9. The highest BCUT2D eigenvalue weighted by molar-refractivity contribution is 14.0. The molecule has 0 spiro atoms. The van der Waals surface area contributed by atoms with Gasteiger partial charge in [0.15, 0.2) is 5.96 Å². The van der Waals surface area contributed by atoms with Gasteiger partial charge in [0.05, 0.1) is 12.1 Å². The summed E-state index contributed by atoms with van der Waals surface area (Å²) in [6, 6.07) is 0. The number of hydrogen-bond donors (Lipinski definition) is 4. The quantitative estimate of drug-likeness (QED) is 0.162. The number of halogens is 1. The van der Waals surface area contributed by atoms with E-state index in [1.807, 2.05) is 62.3 Å². The maximum Gasteiger partial charge on any atom is 0.408 e. The molecule has 0 fully saturated rings. The van der Waals surface area contributed by atoms with Crippen LogP contribution in [0.3, 0.4) is 0 Å². The molecule has 4 N–H and O–H groups in total. The van der Waals surface area contributed by atoms with Gasteiger partial charge in [-0.1, -0.05) is 0 Å². The molecule has 0 saturated heterocycles. The molecule has 0 unspecified atom stereocenters. The molecule has 0 atom stereocenters. The summed E-state index contributed by atoms with van der Waals surface area (Å²) < 4.78 is 10.5. The van der Waals surface area contributed by atoms with Crippen molar-refractivity contribution in [3.8, 4) is 0 Å². The third kappa shape index (κ3) is 18.6. The molecule has 0 aliphatic carbocycles. The number of ether oxygens (including phenoxy) is 2. The Bertz CT molecular complexity index is 554. The monoisotopic (exact) mass is 543 g/mol. The van der Waals surface area contributed by atoms with Crippen molar-refractivity contribution in [3.05, 3.63) is 0 Å². The minimum absolute atomic E-state index is 0. The molecule has 30 heavy (non-hydrogen) atoms. The molecule has 178 valence electrons. The molecular weight excluding hydrogens is 501 g/mol. The molecule has 0 bridgehead atoms. The maximum atomic E-state index is 12.0. The number of amides is 2. The van der Waals surface area contributed by atoms with Gasteiger partial charge >= 0.3 is 12.2 Å². The van der Waals surface area contributed by atoms with E-state index < -0.39 is 28.9 Å². The van der Waals surface area contributed by atoms with Crippen molar-refractivity contribution in [1.29, 1.82) is 0 Å². The van der Waals surface area contributed by atoms with E-state index in [-0.39, 0.29) is 24.0 Å². The Morgan fingerprint density at radius 2 is 1.30 bits per heavy atom. The second-order valence-electron chi connectivity index (χ2n) is 9.41. The first-order valence-corrected chi connectivity index (χ1v) is 10.1. The third-order valence-corrected chi connectivity index (χ3v) is 3.13. The number of carbonyl (C=O) groups excluding carboxylic acids is 2. The number of rotatable bonds is 8. The molecule has 0 aromatic rings. The number of nitrogens with one attached hydrogen (secondary N) is 4. The average Bonchev–Trinajstić information content (AvgIpc) is 2.47. The van der Waals surface area contributed by atoms with Crippen molar-refractivity contribution < 1.29 is 19.1 Å². The molecule has 0 aromatic carbocycles. The van der Waals surface area contributed by atoms with Crippen molar-refractivity contribution in [2.24, 2.45) is 4.99 Å². The van der Waals surface area contributed by atoms with Gasteiger partial charge in [-0.2, -0.15) is 0 Å². The number of nitrogens with zero attached hydrogens (tertiary/aromatic N) is 1. The standard InChI is InChI=1S/C20H41N5O4.HI/c1-10-21-15(22-12-11-13-23-16(26)28-18(2,3)4)24-14-20(8,9)25-17(27)29-19(5,6)7;/h10-14H2,1-9H3,(H,23,26)(H,25,27)(H2,21,22,24);1H. The Kier molecular flexibility index (Phi) is 14.1. The molecular formula is C20H42IN5O4. The summed E-state index contributed by atoms with van der Waals surface area (Å²) in [4.78, 5) is 28.1. The van der Waals surface area contributed by atoms with Crippen molar-refractivity contribution in [2.75, 3.05) is 26.2 Å². The summed E-state index contributed by atoms with van der Waals surface area (Å²) in [5.41, 5.74) is -1.62. The molecule has 0 rings (SSSR count). The van der Waals surface area contributed by atoms with Crippen LogP contribution >= 0.6 is 24.0 Å². The van der Waals surface area contributed by atoms with Crippen molar-refractivity contribution in [3.63, 3.8) is 0 Å². The molecule has 0 aliphatic rings. The molecule has 0 aromatic heterocycles. The molecule has 10 heteroatoms. The first-order valence-electron chi connectivity index (χ1n) is 10.1. The van der Waals surface area contributed by atoms with E-state index >= 15 is 0 Å². The van der Waals surface area contributed by atoms with Crippen LogP contribution in [0.4, 0.5) is 9.59 Å². The highest BCUT2D eigenvalue weighted by atomic mass is 127. The van der Waals surface area contributed by atoms with Crippen LogP contribution in [0.15, 0.2) is 4.99 Å². The predicted octanol–water partition coefficient (Wildman–Crippen LogP) is 3.38. The zero-order valence-corrected chi connectivity index (χ0v) is 22.4.